The third kappa shape index (κ3) is 2.67. The van der Waals surface area contributed by atoms with Gasteiger partial charge in [0.1, 0.15) is 5.75 Å². The molecular weight excluding hydrogens is 369 g/mol. The van der Waals surface area contributed by atoms with Crippen molar-refractivity contribution >= 4 is 46.1 Å². The van der Waals surface area contributed by atoms with Gasteiger partial charge in [-0.25, -0.2) is 0 Å². The average Bonchev–Trinajstić information content (AvgIpc) is 3.09. The molecule has 1 aromatic carbocycles. The van der Waals surface area contributed by atoms with E-state index in [1.54, 1.807) is 12.1 Å². The highest BCUT2D eigenvalue weighted by Gasteiger charge is 2.33. The Balaban J connectivity index is 1.59. The van der Waals surface area contributed by atoms with E-state index in [1.165, 1.54) is 0 Å². The fourth-order valence-corrected chi connectivity index (χ4v) is 4.00. The summed E-state index contributed by atoms with van der Waals surface area (Å²) in [5.74, 6) is 0.153. The first-order valence-electron chi connectivity index (χ1n) is 7.63. The lowest BCUT2D eigenvalue weighted by Gasteiger charge is -2.26. The lowest BCUT2D eigenvalue weighted by molar-refractivity contribution is -0.0286. The number of aromatic nitrogens is 2. The molecule has 2 saturated heterocycles. The normalized spacial score (nSPS) is 21.3. The molecule has 1 N–H and O–H groups in total. The summed E-state index contributed by atoms with van der Waals surface area (Å²) in [6, 6.07) is 3.47. The lowest BCUT2D eigenvalue weighted by Crippen LogP contribution is -2.31. The molecule has 126 valence electrons. The number of aromatic hydroxyl groups is 1. The number of phenols is 1. The van der Waals surface area contributed by atoms with Gasteiger partial charge in [0, 0.05) is 30.6 Å². The number of thiocarbonyl (C=S) groups is 1. The molecule has 0 bridgehead atoms. The van der Waals surface area contributed by atoms with Crippen molar-refractivity contribution in [1.82, 2.24) is 9.78 Å². The van der Waals surface area contributed by atoms with Crippen LogP contribution in [0.3, 0.4) is 0 Å². The topological polar surface area (TPSA) is 50.5 Å². The highest BCUT2D eigenvalue weighted by Crippen LogP contribution is 2.42. The Morgan fingerprint density at radius 1 is 1.29 bits per heavy atom. The number of hydrogen-bond acceptors (Lipinski definition) is 4. The van der Waals surface area contributed by atoms with Gasteiger partial charge in [0.05, 0.1) is 46.2 Å². The molecular formula is C16H15Cl2N3O2S. The molecule has 0 amide bonds. The molecule has 0 saturated carbocycles. The summed E-state index contributed by atoms with van der Waals surface area (Å²) in [4.78, 5) is 2.85. The Kier molecular flexibility index (Phi) is 4.16. The van der Waals surface area contributed by atoms with Crippen molar-refractivity contribution in [3.8, 4) is 5.75 Å². The van der Waals surface area contributed by atoms with Crippen LogP contribution in [0, 0.1) is 0 Å². The van der Waals surface area contributed by atoms with E-state index in [9.17, 15) is 5.11 Å². The van der Waals surface area contributed by atoms with Crippen LogP contribution >= 0.6 is 35.4 Å². The van der Waals surface area contributed by atoms with Crippen molar-refractivity contribution in [1.29, 1.82) is 0 Å². The average molecular weight is 384 g/mol. The molecule has 4 rings (SSSR count). The maximum atomic E-state index is 10.2. The highest BCUT2D eigenvalue weighted by atomic mass is 35.5. The van der Waals surface area contributed by atoms with Gasteiger partial charge in [-0.15, -0.1) is 0 Å². The Hall–Kier alpha value is -1.34. The zero-order chi connectivity index (χ0) is 16.8. The first-order chi connectivity index (χ1) is 11.5. The van der Waals surface area contributed by atoms with Crippen LogP contribution in [-0.4, -0.2) is 39.6 Å². The van der Waals surface area contributed by atoms with Crippen molar-refractivity contribution in [2.24, 2.45) is 0 Å². The summed E-state index contributed by atoms with van der Waals surface area (Å²) in [6.07, 6.45) is 4.44. The third-order valence-electron chi connectivity index (χ3n) is 4.54. The molecule has 1 unspecified atom stereocenters. The van der Waals surface area contributed by atoms with Gasteiger partial charge in [-0.05, 0) is 12.1 Å². The summed E-state index contributed by atoms with van der Waals surface area (Å²) in [7, 11) is 0. The molecule has 2 fully saturated rings. The van der Waals surface area contributed by atoms with Gasteiger partial charge in [-0.2, -0.15) is 5.10 Å². The standard InChI is InChI=1S/C16H15Cl2N3O2S/c17-12-1-2-13(22)15(16(12)18)9-3-14(24)20(5-9)10-4-19-21(6-10)11-7-23-8-11/h1-2,4,6,9,11,22H,3,5,7-8H2. The molecule has 5 nitrogen and oxygen atoms in total. The monoisotopic (exact) mass is 383 g/mol. The highest BCUT2D eigenvalue weighted by molar-refractivity contribution is 7.80. The van der Waals surface area contributed by atoms with Gasteiger partial charge >= 0.3 is 0 Å². The van der Waals surface area contributed by atoms with Crippen LogP contribution in [-0.2, 0) is 4.74 Å². The van der Waals surface area contributed by atoms with Crippen LogP contribution in [0.4, 0.5) is 5.69 Å². The molecule has 0 spiro atoms. The number of anilines is 1. The number of halogens is 2. The number of hydrogen-bond donors (Lipinski definition) is 1. The van der Waals surface area contributed by atoms with Crippen LogP contribution < -0.4 is 4.90 Å². The number of phenolic OH excluding ortho intramolecular Hbond substituents is 1. The van der Waals surface area contributed by atoms with E-state index < -0.39 is 0 Å². The first kappa shape index (κ1) is 16.1. The largest absolute Gasteiger partial charge is 0.508 e. The Morgan fingerprint density at radius 2 is 2.08 bits per heavy atom. The van der Waals surface area contributed by atoms with Gasteiger partial charge in [-0.3, -0.25) is 4.68 Å². The van der Waals surface area contributed by atoms with E-state index >= 15 is 0 Å². The Bertz CT molecular complexity index is 807. The molecule has 0 radical (unpaired) electrons. The number of benzene rings is 1. The summed E-state index contributed by atoms with van der Waals surface area (Å²) >= 11 is 18.0. The van der Waals surface area contributed by atoms with Crippen LogP contribution in [0.15, 0.2) is 24.5 Å². The predicted molar refractivity (Wildman–Crippen MR) is 97.5 cm³/mol. The van der Waals surface area contributed by atoms with Crippen molar-refractivity contribution in [2.45, 2.75) is 18.4 Å². The molecule has 1 atom stereocenters. The van der Waals surface area contributed by atoms with Crippen LogP contribution in [0.1, 0.15) is 23.9 Å². The van der Waals surface area contributed by atoms with E-state index in [0.29, 0.717) is 47.8 Å². The van der Waals surface area contributed by atoms with E-state index in [4.69, 9.17) is 40.2 Å². The van der Waals surface area contributed by atoms with Crippen LogP contribution in [0.2, 0.25) is 10.0 Å². The Morgan fingerprint density at radius 3 is 2.79 bits per heavy atom. The zero-order valence-electron chi connectivity index (χ0n) is 12.7. The lowest BCUT2D eigenvalue weighted by atomic mass is 9.97. The third-order valence-corrected chi connectivity index (χ3v) is 5.74. The van der Waals surface area contributed by atoms with Crippen molar-refractivity contribution in [3.05, 3.63) is 40.1 Å². The molecule has 24 heavy (non-hydrogen) atoms. The van der Waals surface area contributed by atoms with E-state index in [2.05, 4.69) is 5.10 Å². The number of nitrogens with zero attached hydrogens (tertiary/aromatic N) is 3. The minimum Gasteiger partial charge on any atom is -0.508 e. The van der Waals surface area contributed by atoms with E-state index in [0.717, 1.165) is 10.7 Å². The SMILES string of the molecule is Oc1ccc(Cl)c(Cl)c1C1CC(=S)N(c2cnn(C3COC3)c2)C1. The molecule has 2 aliphatic rings. The maximum absolute atomic E-state index is 10.2. The van der Waals surface area contributed by atoms with Crippen molar-refractivity contribution in [2.75, 3.05) is 24.7 Å². The second-order valence-electron chi connectivity index (χ2n) is 6.07. The van der Waals surface area contributed by atoms with Crippen LogP contribution in [0.5, 0.6) is 5.75 Å². The molecule has 3 heterocycles. The predicted octanol–water partition coefficient (Wildman–Crippen LogP) is 3.79. The number of ether oxygens (including phenoxy) is 1. The fraction of sp³-hybridized carbons (Fsp3) is 0.375. The summed E-state index contributed by atoms with van der Waals surface area (Å²) in [5.41, 5.74) is 1.61. The molecule has 1 aromatic heterocycles. The van der Waals surface area contributed by atoms with Gasteiger partial charge in [-0.1, -0.05) is 35.4 Å². The minimum absolute atomic E-state index is 0.000846. The maximum Gasteiger partial charge on any atom is 0.120 e. The fourth-order valence-electron chi connectivity index (χ4n) is 3.14. The second kappa shape index (κ2) is 6.19. The zero-order valence-corrected chi connectivity index (χ0v) is 15.0. The summed E-state index contributed by atoms with van der Waals surface area (Å²) in [5, 5.41) is 15.4. The molecule has 2 aliphatic heterocycles. The van der Waals surface area contributed by atoms with E-state index in [1.807, 2.05) is 22.0 Å². The second-order valence-corrected chi connectivity index (χ2v) is 7.33. The van der Waals surface area contributed by atoms with Crippen LogP contribution in [0.25, 0.3) is 0 Å². The molecule has 0 aliphatic carbocycles. The van der Waals surface area contributed by atoms with E-state index in [-0.39, 0.29) is 11.7 Å². The van der Waals surface area contributed by atoms with Crippen molar-refractivity contribution < 1.29 is 9.84 Å². The van der Waals surface area contributed by atoms with Gasteiger partial charge in [0.25, 0.3) is 0 Å². The quantitative estimate of drug-likeness (QED) is 0.817. The van der Waals surface area contributed by atoms with Crippen molar-refractivity contribution in [3.63, 3.8) is 0 Å². The smallest absolute Gasteiger partial charge is 0.120 e. The molecule has 2 aromatic rings. The van der Waals surface area contributed by atoms with Gasteiger partial charge < -0.3 is 14.7 Å². The first-order valence-corrected chi connectivity index (χ1v) is 8.80. The number of rotatable bonds is 3. The van der Waals surface area contributed by atoms with Gasteiger partial charge in [0.15, 0.2) is 0 Å². The molecule has 8 heteroatoms. The Labute approximate surface area is 154 Å². The van der Waals surface area contributed by atoms with Gasteiger partial charge in [0.2, 0.25) is 0 Å². The summed E-state index contributed by atoms with van der Waals surface area (Å²) < 4.78 is 7.12. The summed E-state index contributed by atoms with van der Waals surface area (Å²) in [6.45, 7) is 2.03. The minimum atomic E-state index is -0.000846.